The van der Waals surface area contributed by atoms with E-state index in [9.17, 15) is 0 Å². The first-order valence-electron chi connectivity index (χ1n) is 6.59. The highest BCUT2D eigenvalue weighted by Gasteiger charge is 2.21. The number of benzene rings is 1. The van der Waals surface area contributed by atoms with Crippen LogP contribution in [0.1, 0.15) is 18.9 Å². The first-order chi connectivity index (χ1) is 8.74. The van der Waals surface area contributed by atoms with Gasteiger partial charge in [0.1, 0.15) is 0 Å². The Morgan fingerprint density at radius 1 is 1.50 bits per heavy atom. The summed E-state index contributed by atoms with van der Waals surface area (Å²) in [7, 11) is 0. The Morgan fingerprint density at radius 2 is 2.33 bits per heavy atom. The van der Waals surface area contributed by atoms with Crippen molar-refractivity contribution < 1.29 is 0 Å². The molecule has 2 N–H and O–H groups in total. The summed E-state index contributed by atoms with van der Waals surface area (Å²) < 4.78 is 0. The molecule has 1 saturated heterocycles. The summed E-state index contributed by atoms with van der Waals surface area (Å²) in [5.74, 6) is 1.20. The standard InChI is InChI=1S/C14H21ClN2S/c1-2-13-10-17(7-8-18-13)14-9-12(15)4-3-11(14)5-6-16/h3-4,9,13H,2,5-8,10,16H2,1H3. The van der Waals surface area contributed by atoms with Crippen LogP contribution in [0, 0.1) is 0 Å². The molecule has 0 amide bonds. The van der Waals surface area contributed by atoms with Crippen molar-refractivity contribution in [2.24, 2.45) is 5.73 Å². The number of nitrogens with zero attached hydrogens (tertiary/aromatic N) is 1. The van der Waals surface area contributed by atoms with Gasteiger partial charge in [0.2, 0.25) is 0 Å². The van der Waals surface area contributed by atoms with Gasteiger partial charge in [-0.25, -0.2) is 0 Å². The van der Waals surface area contributed by atoms with E-state index in [2.05, 4.69) is 35.7 Å². The van der Waals surface area contributed by atoms with Gasteiger partial charge in [0.05, 0.1) is 0 Å². The Kier molecular flexibility index (Phi) is 5.22. The molecule has 1 aliphatic rings. The third-order valence-electron chi connectivity index (χ3n) is 3.40. The fourth-order valence-corrected chi connectivity index (χ4v) is 3.73. The van der Waals surface area contributed by atoms with Crippen LogP contribution >= 0.6 is 23.4 Å². The highest BCUT2D eigenvalue weighted by molar-refractivity contribution is 8.00. The number of anilines is 1. The van der Waals surface area contributed by atoms with E-state index in [0.29, 0.717) is 6.54 Å². The molecule has 0 spiro atoms. The fourth-order valence-electron chi connectivity index (χ4n) is 2.38. The molecule has 1 atom stereocenters. The van der Waals surface area contributed by atoms with Crippen LogP contribution in [0.5, 0.6) is 0 Å². The molecule has 0 radical (unpaired) electrons. The summed E-state index contributed by atoms with van der Waals surface area (Å²) in [5.41, 5.74) is 8.30. The second-order valence-electron chi connectivity index (χ2n) is 4.66. The maximum Gasteiger partial charge on any atom is 0.0426 e. The number of halogens is 1. The lowest BCUT2D eigenvalue weighted by Crippen LogP contribution is -2.38. The Hall–Kier alpha value is -0.380. The molecule has 0 aliphatic carbocycles. The van der Waals surface area contributed by atoms with Gasteiger partial charge < -0.3 is 10.6 Å². The Morgan fingerprint density at radius 3 is 3.06 bits per heavy atom. The summed E-state index contributed by atoms with van der Waals surface area (Å²) in [6, 6.07) is 6.18. The summed E-state index contributed by atoms with van der Waals surface area (Å²) >= 11 is 8.23. The van der Waals surface area contributed by atoms with E-state index in [1.165, 1.54) is 23.4 Å². The lowest BCUT2D eigenvalue weighted by atomic mass is 10.1. The number of hydrogen-bond donors (Lipinski definition) is 1. The van der Waals surface area contributed by atoms with Crippen molar-refractivity contribution >= 4 is 29.1 Å². The zero-order valence-electron chi connectivity index (χ0n) is 10.9. The third-order valence-corrected chi connectivity index (χ3v) is 5.00. The fraction of sp³-hybridized carbons (Fsp3) is 0.571. The van der Waals surface area contributed by atoms with Gasteiger partial charge in [-0.1, -0.05) is 24.6 Å². The maximum absolute atomic E-state index is 6.14. The summed E-state index contributed by atoms with van der Waals surface area (Å²) in [6.07, 6.45) is 2.15. The monoisotopic (exact) mass is 284 g/mol. The first-order valence-corrected chi connectivity index (χ1v) is 8.02. The SMILES string of the molecule is CCC1CN(c2cc(Cl)ccc2CCN)CCS1. The number of hydrogen-bond acceptors (Lipinski definition) is 3. The van der Waals surface area contributed by atoms with Crippen molar-refractivity contribution in [3.63, 3.8) is 0 Å². The highest BCUT2D eigenvalue weighted by Crippen LogP contribution is 2.30. The van der Waals surface area contributed by atoms with Gasteiger partial charge in [-0.3, -0.25) is 0 Å². The van der Waals surface area contributed by atoms with Crippen LogP contribution in [0.4, 0.5) is 5.69 Å². The molecule has 1 aromatic rings. The number of rotatable bonds is 4. The van der Waals surface area contributed by atoms with Crippen LogP contribution in [0.15, 0.2) is 18.2 Å². The van der Waals surface area contributed by atoms with Crippen LogP contribution in [-0.4, -0.2) is 30.6 Å². The van der Waals surface area contributed by atoms with E-state index in [1.54, 1.807) is 0 Å². The van der Waals surface area contributed by atoms with Crippen molar-refractivity contribution in [3.8, 4) is 0 Å². The molecule has 1 aliphatic heterocycles. The molecule has 0 aromatic heterocycles. The Bertz CT molecular complexity index is 397. The zero-order valence-corrected chi connectivity index (χ0v) is 12.4. The van der Waals surface area contributed by atoms with Gasteiger partial charge in [0.25, 0.3) is 0 Å². The van der Waals surface area contributed by atoms with Gasteiger partial charge >= 0.3 is 0 Å². The lowest BCUT2D eigenvalue weighted by molar-refractivity contribution is 0.724. The van der Waals surface area contributed by atoms with Crippen LogP contribution in [0.25, 0.3) is 0 Å². The van der Waals surface area contributed by atoms with Crippen LogP contribution in [0.3, 0.4) is 0 Å². The van der Waals surface area contributed by atoms with E-state index in [1.807, 2.05) is 6.07 Å². The molecule has 100 valence electrons. The van der Waals surface area contributed by atoms with Crippen molar-refractivity contribution in [1.29, 1.82) is 0 Å². The van der Waals surface area contributed by atoms with E-state index in [-0.39, 0.29) is 0 Å². The van der Waals surface area contributed by atoms with E-state index >= 15 is 0 Å². The minimum Gasteiger partial charge on any atom is -0.369 e. The molecule has 1 unspecified atom stereocenters. The molecule has 2 nitrogen and oxygen atoms in total. The molecule has 4 heteroatoms. The van der Waals surface area contributed by atoms with Crippen molar-refractivity contribution in [2.75, 3.05) is 30.3 Å². The predicted octanol–water partition coefficient (Wildman–Crippen LogP) is 3.17. The molecule has 0 bridgehead atoms. The second-order valence-corrected chi connectivity index (χ2v) is 6.50. The molecular formula is C14H21ClN2S. The van der Waals surface area contributed by atoms with Crippen LogP contribution in [0.2, 0.25) is 5.02 Å². The number of nitrogens with two attached hydrogens (primary N) is 1. The molecule has 1 fully saturated rings. The quantitative estimate of drug-likeness (QED) is 0.921. The number of thioether (sulfide) groups is 1. The summed E-state index contributed by atoms with van der Waals surface area (Å²) in [4.78, 5) is 2.47. The first kappa shape index (κ1) is 14.0. The molecule has 1 aromatic carbocycles. The molecule has 0 saturated carbocycles. The predicted molar refractivity (Wildman–Crippen MR) is 83.0 cm³/mol. The van der Waals surface area contributed by atoms with Gasteiger partial charge in [0.15, 0.2) is 0 Å². The topological polar surface area (TPSA) is 29.3 Å². The highest BCUT2D eigenvalue weighted by atomic mass is 35.5. The van der Waals surface area contributed by atoms with E-state index in [0.717, 1.165) is 29.8 Å². The smallest absolute Gasteiger partial charge is 0.0426 e. The van der Waals surface area contributed by atoms with Crippen LogP contribution < -0.4 is 10.6 Å². The average molecular weight is 285 g/mol. The Balaban J connectivity index is 2.22. The van der Waals surface area contributed by atoms with E-state index < -0.39 is 0 Å². The molecule has 18 heavy (non-hydrogen) atoms. The summed E-state index contributed by atoms with van der Waals surface area (Å²) in [6.45, 7) is 5.19. The van der Waals surface area contributed by atoms with Gasteiger partial charge in [-0.05, 0) is 37.1 Å². The van der Waals surface area contributed by atoms with Crippen LogP contribution in [-0.2, 0) is 6.42 Å². The van der Waals surface area contributed by atoms with Gasteiger partial charge in [0, 0.05) is 34.8 Å². The Labute approximate surface area is 119 Å². The largest absolute Gasteiger partial charge is 0.369 e. The van der Waals surface area contributed by atoms with Crippen molar-refractivity contribution in [1.82, 2.24) is 0 Å². The summed E-state index contributed by atoms with van der Waals surface area (Å²) in [5, 5.41) is 1.56. The minimum absolute atomic E-state index is 0.689. The van der Waals surface area contributed by atoms with E-state index in [4.69, 9.17) is 17.3 Å². The molecular weight excluding hydrogens is 264 g/mol. The minimum atomic E-state index is 0.689. The van der Waals surface area contributed by atoms with Gasteiger partial charge in [-0.15, -0.1) is 0 Å². The van der Waals surface area contributed by atoms with Gasteiger partial charge in [-0.2, -0.15) is 11.8 Å². The third kappa shape index (κ3) is 3.34. The molecule has 2 rings (SSSR count). The normalized spacial score (nSPS) is 20.2. The zero-order chi connectivity index (χ0) is 13.0. The van der Waals surface area contributed by atoms with Crippen molar-refractivity contribution in [3.05, 3.63) is 28.8 Å². The lowest BCUT2D eigenvalue weighted by Gasteiger charge is -2.35. The molecule has 1 heterocycles. The maximum atomic E-state index is 6.14. The average Bonchev–Trinajstić information content (AvgIpc) is 2.41. The van der Waals surface area contributed by atoms with Crippen molar-refractivity contribution in [2.45, 2.75) is 25.0 Å². The second kappa shape index (κ2) is 6.69.